The van der Waals surface area contributed by atoms with E-state index in [0.717, 1.165) is 23.8 Å². The molecule has 2 atom stereocenters. The molecular weight excluding hydrogens is 220 g/mol. The quantitative estimate of drug-likeness (QED) is 0.810. The Labute approximate surface area is 103 Å². The minimum Gasteiger partial charge on any atom is -0.365 e. The molecule has 16 heavy (non-hydrogen) atoms. The van der Waals surface area contributed by atoms with Gasteiger partial charge in [-0.2, -0.15) is 0 Å². The third kappa shape index (κ3) is 2.33. The lowest BCUT2D eigenvalue weighted by molar-refractivity contribution is 0.425. The van der Waals surface area contributed by atoms with Crippen molar-refractivity contribution in [1.82, 2.24) is 5.32 Å². The first kappa shape index (κ1) is 11.7. The molecule has 1 aromatic rings. The van der Waals surface area contributed by atoms with Crippen LogP contribution >= 0.6 is 11.6 Å². The van der Waals surface area contributed by atoms with Crippen molar-refractivity contribution in [3.05, 3.63) is 28.8 Å². The molecule has 88 valence electrons. The molecule has 1 heterocycles. The van der Waals surface area contributed by atoms with Crippen molar-refractivity contribution in [2.75, 3.05) is 18.0 Å². The Morgan fingerprint density at radius 3 is 2.81 bits per heavy atom. The highest BCUT2D eigenvalue weighted by molar-refractivity contribution is 6.33. The second kappa shape index (κ2) is 4.64. The summed E-state index contributed by atoms with van der Waals surface area (Å²) >= 11 is 6.31. The van der Waals surface area contributed by atoms with E-state index in [0.29, 0.717) is 12.1 Å². The molecule has 0 amide bonds. The van der Waals surface area contributed by atoms with Crippen molar-refractivity contribution in [2.24, 2.45) is 0 Å². The smallest absolute Gasteiger partial charge is 0.0642 e. The van der Waals surface area contributed by atoms with Crippen LogP contribution in [-0.2, 0) is 0 Å². The van der Waals surface area contributed by atoms with Crippen LogP contribution in [0.25, 0.3) is 0 Å². The third-order valence-electron chi connectivity index (χ3n) is 3.18. The van der Waals surface area contributed by atoms with E-state index in [1.54, 1.807) is 0 Å². The van der Waals surface area contributed by atoms with Gasteiger partial charge < -0.3 is 10.2 Å². The molecule has 1 aliphatic rings. The lowest BCUT2D eigenvalue weighted by Crippen LogP contribution is -2.54. The molecule has 1 aromatic carbocycles. The Kier molecular flexibility index (Phi) is 3.41. The number of nitrogens with one attached hydrogen (secondary N) is 1. The monoisotopic (exact) mass is 238 g/mol. The summed E-state index contributed by atoms with van der Waals surface area (Å²) in [5.74, 6) is 0. The highest BCUT2D eigenvalue weighted by Gasteiger charge is 2.23. The molecule has 1 aliphatic heterocycles. The van der Waals surface area contributed by atoms with Gasteiger partial charge in [-0.15, -0.1) is 0 Å². The van der Waals surface area contributed by atoms with Crippen LogP contribution in [0.2, 0.25) is 5.02 Å². The molecule has 1 fully saturated rings. The van der Waals surface area contributed by atoms with Crippen LogP contribution in [0.1, 0.15) is 19.4 Å². The van der Waals surface area contributed by atoms with E-state index in [4.69, 9.17) is 11.6 Å². The summed E-state index contributed by atoms with van der Waals surface area (Å²) in [6.07, 6.45) is 0. The fourth-order valence-electron chi connectivity index (χ4n) is 2.20. The zero-order valence-electron chi connectivity index (χ0n) is 10.1. The van der Waals surface area contributed by atoms with Crippen molar-refractivity contribution in [1.29, 1.82) is 0 Å². The van der Waals surface area contributed by atoms with Gasteiger partial charge in [0.1, 0.15) is 0 Å². The SMILES string of the molecule is Cc1ccc(N2CC(C)NCC2C)c(Cl)c1. The molecule has 0 aromatic heterocycles. The van der Waals surface area contributed by atoms with Crippen LogP contribution in [-0.4, -0.2) is 25.2 Å². The second-order valence-electron chi connectivity index (χ2n) is 4.77. The van der Waals surface area contributed by atoms with E-state index in [1.807, 2.05) is 6.07 Å². The van der Waals surface area contributed by atoms with E-state index < -0.39 is 0 Å². The molecule has 2 unspecified atom stereocenters. The molecular formula is C13H19ClN2. The molecule has 0 spiro atoms. The first-order valence-electron chi connectivity index (χ1n) is 5.84. The maximum Gasteiger partial charge on any atom is 0.0642 e. The molecule has 1 N–H and O–H groups in total. The van der Waals surface area contributed by atoms with Crippen LogP contribution in [0.4, 0.5) is 5.69 Å². The number of benzene rings is 1. The topological polar surface area (TPSA) is 15.3 Å². The summed E-state index contributed by atoms with van der Waals surface area (Å²) in [6, 6.07) is 7.31. The zero-order valence-corrected chi connectivity index (χ0v) is 10.9. The minimum atomic E-state index is 0.497. The average Bonchev–Trinajstić information content (AvgIpc) is 2.22. The second-order valence-corrected chi connectivity index (χ2v) is 5.17. The standard InChI is InChI=1S/C13H19ClN2/c1-9-4-5-13(12(14)6-9)16-8-10(2)15-7-11(16)3/h4-6,10-11,15H,7-8H2,1-3H3. The van der Waals surface area contributed by atoms with E-state index in [-0.39, 0.29) is 0 Å². The van der Waals surface area contributed by atoms with Gasteiger partial charge in [-0.05, 0) is 38.5 Å². The van der Waals surface area contributed by atoms with Crippen LogP contribution in [0.5, 0.6) is 0 Å². The van der Waals surface area contributed by atoms with Crippen LogP contribution < -0.4 is 10.2 Å². The molecule has 0 saturated carbocycles. The molecule has 1 saturated heterocycles. The minimum absolute atomic E-state index is 0.497. The molecule has 0 aliphatic carbocycles. The number of anilines is 1. The largest absolute Gasteiger partial charge is 0.365 e. The van der Waals surface area contributed by atoms with Crippen molar-refractivity contribution in [3.63, 3.8) is 0 Å². The molecule has 3 heteroatoms. The maximum atomic E-state index is 6.31. The lowest BCUT2D eigenvalue weighted by atomic mass is 10.1. The van der Waals surface area contributed by atoms with E-state index in [1.165, 1.54) is 5.56 Å². The predicted molar refractivity (Wildman–Crippen MR) is 70.5 cm³/mol. The number of aryl methyl sites for hydroxylation is 1. The van der Waals surface area contributed by atoms with E-state index in [2.05, 4.69) is 43.1 Å². The summed E-state index contributed by atoms with van der Waals surface area (Å²) in [5, 5.41) is 4.34. The van der Waals surface area contributed by atoms with Crippen molar-refractivity contribution in [3.8, 4) is 0 Å². The number of hydrogen-bond acceptors (Lipinski definition) is 2. The van der Waals surface area contributed by atoms with Gasteiger partial charge >= 0.3 is 0 Å². The van der Waals surface area contributed by atoms with Gasteiger partial charge in [0.25, 0.3) is 0 Å². The van der Waals surface area contributed by atoms with Gasteiger partial charge in [-0.25, -0.2) is 0 Å². The van der Waals surface area contributed by atoms with Crippen molar-refractivity contribution >= 4 is 17.3 Å². The van der Waals surface area contributed by atoms with Crippen LogP contribution in [0, 0.1) is 6.92 Å². The molecule has 0 bridgehead atoms. The van der Waals surface area contributed by atoms with Gasteiger partial charge in [0.05, 0.1) is 10.7 Å². The fraction of sp³-hybridized carbons (Fsp3) is 0.538. The van der Waals surface area contributed by atoms with Gasteiger partial charge in [-0.3, -0.25) is 0 Å². The van der Waals surface area contributed by atoms with Gasteiger partial charge in [0, 0.05) is 25.2 Å². The first-order chi connectivity index (χ1) is 7.58. The maximum absolute atomic E-state index is 6.31. The zero-order chi connectivity index (χ0) is 11.7. The van der Waals surface area contributed by atoms with E-state index >= 15 is 0 Å². The Morgan fingerprint density at radius 1 is 1.38 bits per heavy atom. The third-order valence-corrected chi connectivity index (χ3v) is 3.48. The Hall–Kier alpha value is -0.730. The van der Waals surface area contributed by atoms with Crippen molar-refractivity contribution in [2.45, 2.75) is 32.9 Å². The highest BCUT2D eigenvalue weighted by atomic mass is 35.5. The number of nitrogens with zero attached hydrogens (tertiary/aromatic N) is 1. The first-order valence-corrected chi connectivity index (χ1v) is 6.22. The highest BCUT2D eigenvalue weighted by Crippen LogP contribution is 2.29. The number of rotatable bonds is 1. The van der Waals surface area contributed by atoms with Gasteiger partial charge in [0.15, 0.2) is 0 Å². The average molecular weight is 239 g/mol. The fourth-order valence-corrected chi connectivity index (χ4v) is 2.55. The Bertz CT molecular complexity index is 378. The summed E-state index contributed by atoms with van der Waals surface area (Å²) < 4.78 is 0. The summed E-state index contributed by atoms with van der Waals surface area (Å²) in [6.45, 7) is 8.55. The normalized spacial score (nSPS) is 25.9. The lowest BCUT2D eigenvalue weighted by Gasteiger charge is -2.39. The van der Waals surface area contributed by atoms with Gasteiger partial charge in [0.2, 0.25) is 0 Å². The molecule has 2 nitrogen and oxygen atoms in total. The van der Waals surface area contributed by atoms with Crippen LogP contribution in [0.3, 0.4) is 0 Å². The number of piperazine rings is 1. The predicted octanol–water partition coefficient (Wildman–Crippen LogP) is 2.84. The number of halogens is 1. The molecule has 0 radical (unpaired) electrons. The summed E-state index contributed by atoms with van der Waals surface area (Å²) in [5.41, 5.74) is 2.37. The van der Waals surface area contributed by atoms with Crippen molar-refractivity contribution < 1.29 is 0 Å². The number of hydrogen-bond donors (Lipinski definition) is 1. The van der Waals surface area contributed by atoms with E-state index in [9.17, 15) is 0 Å². The summed E-state index contributed by atoms with van der Waals surface area (Å²) in [4.78, 5) is 2.39. The summed E-state index contributed by atoms with van der Waals surface area (Å²) in [7, 11) is 0. The van der Waals surface area contributed by atoms with Crippen LogP contribution in [0.15, 0.2) is 18.2 Å². The Balaban J connectivity index is 2.28. The Morgan fingerprint density at radius 2 is 2.12 bits per heavy atom. The van der Waals surface area contributed by atoms with Gasteiger partial charge in [-0.1, -0.05) is 17.7 Å². The molecule has 2 rings (SSSR count).